The molecule has 1 heterocycles. The van der Waals surface area contributed by atoms with E-state index in [1.807, 2.05) is 0 Å². The van der Waals surface area contributed by atoms with Crippen LogP contribution in [0.2, 0.25) is 0 Å². The van der Waals surface area contributed by atoms with Crippen molar-refractivity contribution >= 4 is 25.0 Å². The predicted octanol–water partition coefficient (Wildman–Crippen LogP) is 1.01. The molecule has 0 amide bonds. The standard InChI is InChI=1S/C6H6BNOS/c1-4(9)6-5(2-7)10-3-8-6/h3H,2H2,1H3. The minimum Gasteiger partial charge on any atom is -0.293 e. The lowest BCUT2D eigenvalue weighted by Crippen LogP contribution is -1.96. The second kappa shape index (κ2) is 2.97. The number of rotatable bonds is 2. The van der Waals surface area contributed by atoms with E-state index in [0.29, 0.717) is 12.0 Å². The number of carbonyl (C=O) groups excluding carboxylic acids is 1. The average molecular weight is 151 g/mol. The van der Waals surface area contributed by atoms with Gasteiger partial charge in [-0.25, -0.2) is 4.98 Å². The van der Waals surface area contributed by atoms with Crippen LogP contribution in [-0.2, 0) is 6.32 Å². The van der Waals surface area contributed by atoms with Crippen LogP contribution in [0.25, 0.3) is 0 Å². The van der Waals surface area contributed by atoms with Crippen LogP contribution >= 0.6 is 11.3 Å². The topological polar surface area (TPSA) is 30.0 Å². The number of nitrogens with zero attached hydrogens (tertiary/aromatic N) is 1. The quantitative estimate of drug-likeness (QED) is 0.466. The van der Waals surface area contributed by atoms with Gasteiger partial charge in [0, 0.05) is 11.8 Å². The van der Waals surface area contributed by atoms with Crippen molar-refractivity contribution < 1.29 is 4.79 Å². The zero-order chi connectivity index (χ0) is 7.56. The number of carbonyl (C=O) groups is 1. The lowest BCUT2D eigenvalue weighted by molar-refractivity contribution is 0.101. The van der Waals surface area contributed by atoms with Crippen molar-refractivity contribution in [3.63, 3.8) is 0 Å². The van der Waals surface area contributed by atoms with Gasteiger partial charge in [-0.05, 0) is 0 Å². The van der Waals surface area contributed by atoms with Gasteiger partial charge in [-0.1, -0.05) is 6.32 Å². The predicted molar refractivity (Wildman–Crippen MR) is 41.6 cm³/mol. The van der Waals surface area contributed by atoms with Crippen LogP contribution in [0.15, 0.2) is 5.51 Å². The molecule has 0 atom stereocenters. The van der Waals surface area contributed by atoms with Crippen LogP contribution in [0.4, 0.5) is 0 Å². The summed E-state index contributed by atoms with van der Waals surface area (Å²) in [6.45, 7) is 1.49. The van der Waals surface area contributed by atoms with Gasteiger partial charge in [0.1, 0.15) is 5.69 Å². The first-order valence-corrected chi connectivity index (χ1v) is 3.77. The van der Waals surface area contributed by atoms with Crippen molar-refractivity contribution in [2.45, 2.75) is 13.2 Å². The lowest BCUT2D eigenvalue weighted by atomic mass is 10.0. The molecule has 0 aliphatic rings. The third-order valence-corrected chi connectivity index (χ3v) is 2.02. The van der Waals surface area contributed by atoms with Crippen LogP contribution < -0.4 is 0 Å². The molecule has 2 nitrogen and oxygen atoms in total. The summed E-state index contributed by atoms with van der Waals surface area (Å²) >= 11 is 1.42. The number of aromatic nitrogens is 1. The normalized spacial score (nSPS) is 9.70. The highest BCUT2D eigenvalue weighted by atomic mass is 32.1. The largest absolute Gasteiger partial charge is 0.293 e. The summed E-state index contributed by atoms with van der Waals surface area (Å²) in [6, 6.07) is 0. The molecule has 0 saturated carbocycles. The molecule has 0 saturated heterocycles. The van der Waals surface area contributed by atoms with Gasteiger partial charge in [-0.2, -0.15) is 0 Å². The Morgan fingerprint density at radius 3 is 3.00 bits per heavy atom. The first kappa shape index (κ1) is 7.47. The van der Waals surface area contributed by atoms with Crippen LogP contribution in [0, 0.1) is 0 Å². The Balaban J connectivity index is 3.01. The molecular weight excluding hydrogens is 145 g/mol. The van der Waals surface area contributed by atoms with E-state index in [1.54, 1.807) is 5.51 Å². The summed E-state index contributed by atoms with van der Waals surface area (Å²) < 4.78 is 0. The first-order valence-electron chi connectivity index (χ1n) is 2.89. The first-order chi connectivity index (χ1) is 4.75. The summed E-state index contributed by atoms with van der Waals surface area (Å²) in [6.07, 6.45) is 0.402. The van der Waals surface area contributed by atoms with Gasteiger partial charge >= 0.3 is 0 Å². The second-order valence-corrected chi connectivity index (χ2v) is 2.82. The molecule has 50 valence electrons. The Hall–Kier alpha value is -0.635. The van der Waals surface area contributed by atoms with E-state index in [-0.39, 0.29) is 5.78 Å². The van der Waals surface area contributed by atoms with Gasteiger partial charge in [-0.15, -0.1) is 11.3 Å². The second-order valence-electron chi connectivity index (χ2n) is 1.88. The molecule has 0 bridgehead atoms. The molecule has 0 spiro atoms. The minimum atomic E-state index is -0.0123. The van der Waals surface area contributed by atoms with Gasteiger partial charge in [0.05, 0.1) is 13.4 Å². The lowest BCUT2D eigenvalue weighted by Gasteiger charge is -1.90. The average Bonchev–Trinajstić information content (AvgIpc) is 2.33. The van der Waals surface area contributed by atoms with Gasteiger partial charge in [0.25, 0.3) is 0 Å². The fourth-order valence-electron chi connectivity index (χ4n) is 0.703. The highest BCUT2D eigenvalue weighted by Gasteiger charge is 2.06. The molecule has 0 aromatic carbocycles. The van der Waals surface area contributed by atoms with Crippen molar-refractivity contribution in [2.24, 2.45) is 0 Å². The molecule has 0 aliphatic carbocycles. The van der Waals surface area contributed by atoms with E-state index in [1.165, 1.54) is 18.3 Å². The smallest absolute Gasteiger partial charge is 0.179 e. The summed E-state index contributed by atoms with van der Waals surface area (Å²) in [5, 5.41) is 0. The number of Topliss-reactive ketones (excluding diaryl/α,β-unsaturated/α-hetero) is 1. The Labute approximate surface area is 64.7 Å². The van der Waals surface area contributed by atoms with Crippen molar-refractivity contribution in [3.05, 3.63) is 16.1 Å². The number of ketones is 1. The van der Waals surface area contributed by atoms with E-state index in [2.05, 4.69) is 4.98 Å². The molecule has 0 unspecified atom stereocenters. The van der Waals surface area contributed by atoms with Gasteiger partial charge in [-0.3, -0.25) is 4.79 Å². The molecule has 0 aliphatic heterocycles. The SMILES string of the molecule is [B]Cc1scnc1C(C)=O. The molecular formula is C6H6BNOS. The maximum atomic E-state index is 10.8. The van der Waals surface area contributed by atoms with Crippen LogP contribution in [0.3, 0.4) is 0 Å². The van der Waals surface area contributed by atoms with Gasteiger partial charge in [0.15, 0.2) is 5.78 Å². The molecule has 2 radical (unpaired) electrons. The summed E-state index contributed by atoms with van der Waals surface area (Å²) in [5.74, 6) is -0.0123. The third-order valence-electron chi connectivity index (χ3n) is 1.16. The summed E-state index contributed by atoms with van der Waals surface area (Å²) in [4.78, 5) is 15.5. The molecule has 4 heteroatoms. The van der Waals surface area contributed by atoms with Gasteiger partial charge < -0.3 is 0 Å². The van der Waals surface area contributed by atoms with Crippen molar-refractivity contribution in [1.29, 1.82) is 0 Å². The fraction of sp³-hybridized carbons (Fsp3) is 0.333. The van der Waals surface area contributed by atoms with Gasteiger partial charge in [0.2, 0.25) is 0 Å². The Morgan fingerprint density at radius 2 is 2.60 bits per heavy atom. The number of hydrogen-bond acceptors (Lipinski definition) is 3. The van der Waals surface area contributed by atoms with Crippen LogP contribution in [0.5, 0.6) is 0 Å². The molecule has 1 rings (SSSR count). The maximum absolute atomic E-state index is 10.8. The van der Waals surface area contributed by atoms with Crippen molar-refractivity contribution in [2.75, 3.05) is 0 Å². The van der Waals surface area contributed by atoms with Crippen molar-refractivity contribution in [1.82, 2.24) is 4.98 Å². The van der Waals surface area contributed by atoms with Crippen LogP contribution in [-0.4, -0.2) is 18.6 Å². The zero-order valence-electron chi connectivity index (χ0n) is 5.63. The Morgan fingerprint density at radius 1 is 1.90 bits per heavy atom. The van der Waals surface area contributed by atoms with Crippen molar-refractivity contribution in [3.8, 4) is 0 Å². The molecule has 0 fully saturated rings. The van der Waals surface area contributed by atoms with Crippen LogP contribution in [0.1, 0.15) is 22.3 Å². The maximum Gasteiger partial charge on any atom is 0.179 e. The van der Waals surface area contributed by atoms with E-state index in [0.717, 1.165) is 4.88 Å². The zero-order valence-corrected chi connectivity index (χ0v) is 6.44. The Kier molecular flexibility index (Phi) is 2.22. The molecule has 0 N–H and O–H groups in total. The minimum absolute atomic E-state index is 0.0123. The van der Waals surface area contributed by atoms with E-state index >= 15 is 0 Å². The fourth-order valence-corrected chi connectivity index (χ4v) is 1.39. The summed E-state index contributed by atoms with van der Waals surface area (Å²) in [5.41, 5.74) is 2.16. The molecule has 1 aromatic rings. The summed E-state index contributed by atoms with van der Waals surface area (Å²) in [7, 11) is 5.35. The highest BCUT2D eigenvalue weighted by Crippen LogP contribution is 2.12. The van der Waals surface area contributed by atoms with E-state index in [9.17, 15) is 4.79 Å². The molecule has 10 heavy (non-hydrogen) atoms. The van der Waals surface area contributed by atoms with E-state index < -0.39 is 0 Å². The van der Waals surface area contributed by atoms with E-state index in [4.69, 9.17) is 7.85 Å². The molecule has 1 aromatic heterocycles. The highest BCUT2D eigenvalue weighted by molar-refractivity contribution is 7.10. The Bertz CT molecular complexity index is 246. The third kappa shape index (κ3) is 1.26. The number of hydrogen-bond donors (Lipinski definition) is 0. The monoisotopic (exact) mass is 151 g/mol. The number of thiazole rings is 1.